The maximum Gasteiger partial charge on any atom is 0.167 e. The number of nitrogens with one attached hydrogen (secondary N) is 1. The van der Waals surface area contributed by atoms with Gasteiger partial charge in [0.1, 0.15) is 11.0 Å². The Hall–Kier alpha value is -2.45. The molecule has 0 bridgehead atoms. The summed E-state index contributed by atoms with van der Waals surface area (Å²) >= 11 is 1.42. The highest BCUT2D eigenvalue weighted by Gasteiger charge is 2.13. The number of imidazole rings is 1. The first-order chi connectivity index (χ1) is 10.2. The summed E-state index contributed by atoms with van der Waals surface area (Å²) in [4.78, 5) is 7.69. The van der Waals surface area contributed by atoms with Crippen LogP contribution in [0, 0.1) is 11.3 Å². The van der Waals surface area contributed by atoms with Crippen molar-refractivity contribution in [2.24, 2.45) is 0 Å². The minimum Gasteiger partial charge on any atom is -0.508 e. The van der Waals surface area contributed by atoms with Crippen LogP contribution in [0.15, 0.2) is 53.7 Å². The quantitative estimate of drug-likeness (QED) is 0.723. The second-order valence-corrected chi connectivity index (χ2v) is 5.86. The van der Waals surface area contributed by atoms with Crippen LogP contribution in [0.4, 0.5) is 0 Å². The molecule has 3 rings (SSSR count). The number of hydrogen-bond donors (Lipinski definition) is 2. The Morgan fingerprint density at radius 1 is 1.19 bits per heavy atom. The number of H-pyrrole nitrogens is 1. The number of thioether (sulfide) groups is 1. The van der Waals surface area contributed by atoms with Gasteiger partial charge < -0.3 is 10.1 Å². The van der Waals surface area contributed by atoms with Gasteiger partial charge in [-0.1, -0.05) is 36.0 Å². The molecule has 0 radical (unpaired) electrons. The lowest BCUT2D eigenvalue weighted by atomic mass is 10.1. The van der Waals surface area contributed by atoms with Crippen LogP contribution in [0.25, 0.3) is 11.0 Å². The molecule has 0 saturated heterocycles. The van der Waals surface area contributed by atoms with Gasteiger partial charge in [0.05, 0.1) is 17.1 Å². The number of fused-ring (bicyclic) bond motifs is 1. The molecule has 0 saturated carbocycles. The van der Waals surface area contributed by atoms with Crippen LogP contribution < -0.4 is 0 Å². The number of para-hydroxylation sites is 2. The van der Waals surface area contributed by atoms with E-state index < -0.39 is 0 Å². The second kappa shape index (κ2) is 5.90. The van der Waals surface area contributed by atoms with Crippen molar-refractivity contribution in [2.75, 3.05) is 0 Å². The van der Waals surface area contributed by atoms with Crippen molar-refractivity contribution in [3.8, 4) is 11.8 Å². The van der Waals surface area contributed by atoms with Gasteiger partial charge in [-0.25, -0.2) is 4.98 Å². The van der Waals surface area contributed by atoms with E-state index in [4.69, 9.17) is 0 Å². The number of nitrogens with zero attached hydrogens (tertiary/aromatic N) is 2. The van der Waals surface area contributed by atoms with Crippen LogP contribution in [0.2, 0.25) is 0 Å². The predicted octanol–water partition coefficient (Wildman–Crippen LogP) is 3.50. The number of aromatic amines is 1. The van der Waals surface area contributed by atoms with Crippen LogP contribution in [-0.4, -0.2) is 20.3 Å². The number of phenols is 1. The molecule has 2 aromatic carbocycles. The van der Waals surface area contributed by atoms with Crippen molar-refractivity contribution < 1.29 is 5.11 Å². The van der Waals surface area contributed by atoms with Crippen molar-refractivity contribution in [2.45, 2.75) is 16.8 Å². The summed E-state index contributed by atoms with van der Waals surface area (Å²) in [6.45, 7) is 0. The Morgan fingerprint density at radius 3 is 2.67 bits per heavy atom. The molecule has 0 fully saturated rings. The lowest BCUT2D eigenvalue weighted by molar-refractivity contribution is 0.475. The third-order valence-electron chi connectivity index (χ3n) is 3.12. The molecule has 2 N–H and O–H groups in total. The highest BCUT2D eigenvalue weighted by Crippen LogP contribution is 2.25. The average molecular weight is 295 g/mol. The number of hydrogen-bond acceptors (Lipinski definition) is 4. The largest absolute Gasteiger partial charge is 0.508 e. The minimum atomic E-state index is -0.227. The molecule has 0 amide bonds. The maximum atomic E-state index is 9.32. The molecule has 0 aliphatic rings. The SMILES string of the molecule is N#CC(Cc1ccc(O)cc1)Sc1nc2ccccc2[nH]1. The molecule has 0 aliphatic heterocycles. The van der Waals surface area contributed by atoms with E-state index in [1.807, 2.05) is 36.4 Å². The highest BCUT2D eigenvalue weighted by molar-refractivity contribution is 8.00. The van der Waals surface area contributed by atoms with Crippen LogP contribution in [0.5, 0.6) is 5.75 Å². The minimum absolute atomic E-state index is 0.227. The molecule has 1 unspecified atom stereocenters. The molecular weight excluding hydrogens is 282 g/mol. The molecule has 5 heteroatoms. The Kier molecular flexibility index (Phi) is 3.80. The lowest BCUT2D eigenvalue weighted by Gasteiger charge is -2.06. The van der Waals surface area contributed by atoms with E-state index in [0.717, 1.165) is 21.8 Å². The van der Waals surface area contributed by atoms with Gasteiger partial charge in [-0.05, 0) is 36.2 Å². The van der Waals surface area contributed by atoms with Crippen molar-refractivity contribution >= 4 is 22.8 Å². The zero-order chi connectivity index (χ0) is 14.7. The van der Waals surface area contributed by atoms with Crippen LogP contribution in [-0.2, 0) is 6.42 Å². The average Bonchev–Trinajstić information content (AvgIpc) is 2.91. The third-order valence-corrected chi connectivity index (χ3v) is 4.10. The summed E-state index contributed by atoms with van der Waals surface area (Å²) in [5.41, 5.74) is 2.89. The fraction of sp³-hybridized carbons (Fsp3) is 0.125. The molecular formula is C16H13N3OS. The molecule has 3 aromatic rings. The van der Waals surface area contributed by atoms with E-state index in [1.54, 1.807) is 12.1 Å². The summed E-state index contributed by atoms with van der Waals surface area (Å²) in [5, 5.41) is 19.1. The second-order valence-electron chi connectivity index (χ2n) is 4.67. The first-order valence-electron chi connectivity index (χ1n) is 6.53. The van der Waals surface area contributed by atoms with Gasteiger partial charge in [0, 0.05) is 0 Å². The maximum absolute atomic E-state index is 9.32. The standard InChI is InChI=1S/C16H13N3OS/c17-10-13(9-11-5-7-12(20)8-6-11)21-16-18-14-3-1-2-4-15(14)19-16/h1-8,13,20H,9H2,(H,18,19). The number of aromatic nitrogens is 2. The number of phenolic OH excluding ortho intramolecular Hbond substituents is 1. The predicted molar refractivity (Wildman–Crippen MR) is 83.2 cm³/mol. The molecule has 0 aliphatic carbocycles. The molecule has 1 aromatic heterocycles. The summed E-state index contributed by atoms with van der Waals surface area (Å²) in [6.07, 6.45) is 0.610. The van der Waals surface area contributed by atoms with Crippen molar-refractivity contribution in [1.82, 2.24) is 9.97 Å². The Bertz CT molecular complexity index is 756. The smallest absolute Gasteiger partial charge is 0.167 e. The van der Waals surface area contributed by atoms with Gasteiger partial charge in [0.25, 0.3) is 0 Å². The third kappa shape index (κ3) is 3.18. The number of nitriles is 1. The first kappa shape index (κ1) is 13.5. The topological polar surface area (TPSA) is 72.7 Å². The number of aromatic hydroxyl groups is 1. The van der Waals surface area contributed by atoms with Gasteiger partial charge in [0.15, 0.2) is 5.16 Å². The van der Waals surface area contributed by atoms with Gasteiger partial charge >= 0.3 is 0 Å². The zero-order valence-electron chi connectivity index (χ0n) is 11.2. The molecule has 104 valence electrons. The monoisotopic (exact) mass is 295 g/mol. The van der Waals surface area contributed by atoms with Crippen molar-refractivity contribution in [1.29, 1.82) is 5.26 Å². The van der Waals surface area contributed by atoms with Gasteiger partial charge in [-0.2, -0.15) is 5.26 Å². The Labute approximate surface area is 126 Å². The van der Waals surface area contributed by atoms with E-state index in [1.165, 1.54) is 11.8 Å². The van der Waals surface area contributed by atoms with E-state index in [0.29, 0.717) is 6.42 Å². The van der Waals surface area contributed by atoms with Crippen LogP contribution >= 0.6 is 11.8 Å². The van der Waals surface area contributed by atoms with Crippen molar-refractivity contribution in [3.05, 3.63) is 54.1 Å². The molecule has 21 heavy (non-hydrogen) atoms. The van der Waals surface area contributed by atoms with Gasteiger partial charge in [0.2, 0.25) is 0 Å². The summed E-state index contributed by atoms with van der Waals surface area (Å²) in [5.74, 6) is 0.234. The Balaban J connectivity index is 1.75. The van der Waals surface area contributed by atoms with Crippen LogP contribution in [0.3, 0.4) is 0 Å². The first-order valence-corrected chi connectivity index (χ1v) is 7.41. The summed E-state index contributed by atoms with van der Waals surface area (Å²) in [7, 11) is 0. The van der Waals surface area contributed by atoms with E-state index in [-0.39, 0.29) is 11.0 Å². The highest BCUT2D eigenvalue weighted by atomic mass is 32.2. The lowest BCUT2D eigenvalue weighted by Crippen LogP contribution is -2.04. The fourth-order valence-electron chi connectivity index (χ4n) is 2.08. The van der Waals surface area contributed by atoms with E-state index in [2.05, 4.69) is 16.0 Å². The summed E-state index contributed by atoms with van der Waals surface area (Å²) in [6, 6.07) is 17.0. The molecule has 4 nitrogen and oxygen atoms in total. The number of benzene rings is 2. The Morgan fingerprint density at radius 2 is 1.95 bits per heavy atom. The fourth-order valence-corrected chi connectivity index (χ4v) is 3.00. The molecule has 1 atom stereocenters. The number of rotatable bonds is 4. The van der Waals surface area contributed by atoms with Gasteiger partial charge in [-0.3, -0.25) is 0 Å². The van der Waals surface area contributed by atoms with E-state index >= 15 is 0 Å². The molecule has 1 heterocycles. The van der Waals surface area contributed by atoms with Gasteiger partial charge in [-0.15, -0.1) is 0 Å². The normalized spacial score (nSPS) is 12.1. The molecule has 0 spiro atoms. The van der Waals surface area contributed by atoms with E-state index in [9.17, 15) is 10.4 Å². The van der Waals surface area contributed by atoms with Crippen LogP contribution in [0.1, 0.15) is 5.56 Å². The van der Waals surface area contributed by atoms with Crippen molar-refractivity contribution in [3.63, 3.8) is 0 Å². The zero-order valence-corrected chi connectivity index (χ0v) is 12.0. The summed E-state index contributed by atoms with van der Waals surface area (Å²) < 4.78 is 0.